The minimum Gasteiger partial charge on any atom is -0.330 e. The molecule has 1 aromatic rings. The largest absolute Gasteiger partial charge is 0.416 e. The fraction of sp³-hybridized carbons (Fsp3) is 0.400. The van der Waals surface area contributed by atoms with E-state index in [1.807, 2.05) is 0 Å². The maximum absolute atomic E-state index is 13.2. The Kier molecular flexibility index (Phi) is 5.87. The highest BCUT2D eigenvalue weighted by molar-refractivity contribution is 5.85. The van der Waals surface area contributed by atoms with E-state index in [4.69, 9.17) is 11.5 Å². The van der Waals surface area contributed by atoms with Gasteiger partial charge in [0.1, 0.15) is 5.82 Å². The Labute approximate surface area is 102 Å². The van der Waals surface area contributed by atoms with Crippen molar-refractivity contribution in [2.24, 2.45) is 11.5 Å². The SMILES string of the molecule is Cl.NCC[C@@H](N)c1cc(C(F)(F)F)ccc1F. The fourth-order valence-electron chi connectivity index (χ4n) is 1.34. The maximum Gasteiger partial charge on any atom is 0.416 e. The molecule has 7 heteroatoms. The van der Waals surface area contributed by atoms with Gasteiger partial charge in [0.25, 0.3) is 0 Å². The van der Waals surface area contributed by atoms with E-state index < -0.39 is 23.6 Å². The van der Waals surface area contributed by atoms with Crippen molar-refractivity contribution >= 4 is 12.4 Å². The van der Waals surface area contributed by atoms with Crippen molar-refractivity contribution in [1.82, 2.24) is 0 Å². The summed E-state index contributed by atoms with van der Waals surface area (Å²) in [5.41, 5.74) is 9.69. The Morgan fingerprint density at radius 3 is 2.29 bits per heavy atom. The number of hydrogen-bond donors (Lipinski definition) is 2. The van der Waals surface area contributed by atoms with E-state index in [2.05, 4.69) is 0 Å². The number of nitrogens with two attached hydrogens (primary N) is 2. The Bertz CT molecular complexity index is 368. The normalized spacial score (nSPS) is 13.1. The molecule has 0 aliphatic heterocycles. The quantitative estimate of drug-likeness (QED) is 0.831. The van der Waals surface area contributed by atoms with Gasteiger partial charge in [0.05, 0.1) is 5.56 Å². The van der Waals surface area contributed by atoms with Gasteiger partial charge in [0.15, 0.2) is 0 Å². The molecule has 1 aromatic carbocycles. The van der Waals surface area contributed by atoms with Gasteiger partial charge in [0, 0.05) is 11.6 Å². The molecule has 0 aliphatic carbocycles. The zero-order valence-electron chi connectivity index (χ0n) is 8.80. The molecular formula is C10H13ClF4N2. The van der Waals surface area contributed by atoms with Gasteiger partial charge in [-0.15, -0.1) is 12.4 Å². The van der Waals surface area contributed by atoms with Crippen LogP contribution in [0.25, 0.3) is 0 Å². The molecule has 0 amide bonds. The summed E-state index contributed by atoms with van der Waals surface area (Å²) in [4.78, 5) is 0. The first kappa shape index (κ1) is 16.1. The highest BCUT2D eigenvalue weighted by Crippen LogP contribution is 2.31. The van der Waals surface area contributed by atoms with Gasteiger partial charge in [-0.25, -0.2) is 4.39 Å². The second kappa shape index (κ2) is 6.18. The summed E-state index contributed by atoms with van der Waals surface area (Å²) in [6.45, 7) is 0.191. The van der Waals surface area contributed by atoms with E-state index in [0.717, 1.165) is 12.1 Å². The van der Waals surface area contributed by atoms with Crippen molar-refractivity contribution in [1.29, 1.82) is 0 Å². The Hall–Kier alpha value is -0.850. The number of alkyl halides is 3. The van der Waals surface area contributed by atoms with Crippen molar-refractivity contribution in [2.75, 3.05) is 6.54 Å². The van der Waals surface area contributed by atoms with Crippen molar-refractivity contribution in [2.45, 2.75) is 18.6 Å². The Morgan fingerprint density at radius 2 is 1.82 bits per heavy atom. The van der Waals surface area contributed by atoms with Crippen LogP contribution >= 0.6 is 12.4 Å². The van der Waals surface area contributed by atoms with Crippen LogP contribution in [0.5, 0.6) is 0 Å². The average Bonchev–Trinajstić information content (AvgIpc) is 2.16. The molecule has 0 saturated carbocycles. The van der Waals surface area contributed by atoms with Crippen molar-refractivity contribution in [3.63, 3.8) is 0 Å². The van der Waals surface area contributed by atoms with E-state index in [1.54, 1.807) is 0 Å². The maximum atomic E-state index is 13.2. The standard InChI is InChI=1S/C10H12F4N2.ClH/c11-8-2-1-6(10(12,13)14)5-7(8)9(16)3-4-15;/h1-2,5,9H,3-4,15-16H2;1H/t9-;/m1./s1. The predicted molar refractivity (Wildman–Crippen MR) is 59.2 cm³/mol. The van der Waals surface area contributed by atoms with Gasteiger partial charge in [-0.05, 0) is 31.2 Å². The summed E-state index contributed by atoms with van der Waals surface area (Å²) in [6, 6.07) is 1.38. The summed E-state index contributed by atoms with van der Waals surface area (Å²) in [6.07, 6.45) is -4.26. The topological polar surface area (TPSA) is 52.0 Å². The van der Waals surface area contributed by atoms with Crippen LogP contribution in [0.4, 0.5) is 17.6 Å². The number of halogens is 5. The first-order chi connectivity index (χ1) is 7.36. The van der Waals surface area contributed by atoms with Crippen molar-refractivity contribution < 1.29 is 17.6 Å². The molecule has 0 aromatic heterocycles. The first-order valence-corrected chi connectivity index (χ1v) is 4.68. The molecule has 0 unspecified atom stereocenters. The molecular weight excluding hydrogens is 260 g/mol. The van der Waals surface area contributed by atoms with Gasteiger partial charge in [0.2, 0.25) is 0 Å². The smallest absolute Gasteiger partial charge is 0.330 e. The molecule has 0 heterocycles. The molecule has 0 aliphatic rings. The van der Waals surface area contributed by atoms with E-state index in [9.17, 15) is 17.6 Å². The third kappa shape index (κ3) is 4.14. The van der Waals surface area contributed by atoms with Gasteiger partial charge in [-0.3, -0.25) is 0 Å². The lowest BCUT2D eigenvalue weighted by Gasteiger charge is -2.14. The molecule has 0 spiro atoms. The third-order valence-corrected chi connectivity index (χ3v) is 2.20. The molecule has 1 rings (SSSR count). The molecule has 17 heavy (non-hydrogen) atoms. The molecule has 0 radical (unpaired) electrons. The summed E-state index contributed by atoms with van der Waals surface area (Å²) in [7, 11) is 0. The molecule has 0 bridgehead atoms. The van der Waals surface area contributed by atoms with E-state index in [1.165, 1.54) is 0 Å². The van der Waals surface area contributed by atoms with Gasteiger partial charge >= 0.3 is 6.18 Å². The zero-order chi connectivity index (χ0) is 12.3. The van der Waals surface area contributed by atoms with Crippen LogP contribution < -0.4 is 11.5 Å². The van der Waals surface area contributed by atoms with Crippen LogP contribution in [0.15, 0.2) is 18.2 Å². The molecule has 1 atom stereocenters. The summed E-state index contributed by atoms with van der Waals surface area (Å²) in [5.74, 6) is -0.742. The molecule has 0 fully saturated rings. The van der Waals surface area contributed by atoms with Crippen LogP contribution in [0.1, 0.15) is 23.6 Å². The first-order valence-electron chi connectivity index (χ1n) is 4.68. The second-order valence-corrected chi connectivity index (χ2v) is 3.42. The highest BCUT2D eigenvalue weighted by atomic mass is 35.5. The molecule has 98 valence electrons. The van der Waals surface area contributed by atoms with Gasteiger partial charge in [-0.2, -0.15) is 13.2 Å². The number of hydrogen-bond acceptors (Lipinski definition) is 2. The number of rotatable bonds is 3. The lowest BCUT2D eigenvalue weighted by atomic mass is 10.0. The predicted octanol–water partition coefficient (Wildman–Crippen LogP) is 2.61. The number of benzene rings is 1. The third-order valence-electron chi connectivity index (χ3n) is 2.20. The summed E-state index contributed by atoms with van der Waals surface area (Å²) < 4.78 is 50.3. The van der Waals surface area contributed by atoms with Gasteiger partial charge in [-0.1, -0.05) is 0 Å². The van der Waals surface area contributed by atoms with E-state index >= 15 is 0 Å². The fourth-order valence-corrected chi connectivity index (χ4v) is 1.34. The molecule has 4 N–H and O–H groups in total. The highest BCUT2D eigenvalue weighted by Gasteiger charge is 2.31. The van der Waals surface area contributed by atoms with Crippen LogP contribution in [0.3, 0.4) is 0 Å². The summed E-state index contributed by atoms with van der Waals surface area (Å²) in [5, 5.41) is 0. The lowest BCUT2D eigenvalue weighted by molar-refractivity contribution is -0.137. The summed E-state index contributed by atoms with van der Waals surface area (Å²) >= 11 is 0. The van der Waals surface area contributed by atoms with Crippen molar-refractivity contribution in [3.8, 4) is 0 Å². The van der Waals surface area contributed by atoms with E-state index in [0.29, 0.717) is 6.07 Å². The van der Waals surface area contributed by atoms with Crippen LogP contribution in [0, 0.1) is 5.82 Å². The van der Waals surface area contributed by atoms with Crippen LogP contribution in [0.2, 0.25) is 0 Å². The monoisotopic (exact) mass is 272 g/mol. The molecule has 2 nitrogen and oxygen atoms in total. The zero-order valence-corrected chi connectivity index (χ0v) is 9.61. The lowest BCUT2D eigenvalue weighted by Crippen LogP contribution is -2.18. The minimum atomic E-state index is -4.50. The van der Waals surface area contributed by atoms with E-state index in [-0.39, 0.29) is 30.9 Å². The molecule has 0 saturated heterocycles. The van der Waals surface area contributed by atoms with Crippen LogP contribution in [-0.2, 0) is 6.18 Å². The minimum absolute atomic E-state index is 0. The second-order valence-electron chi connectivity index (χ2n) is 3.42. The van der Waals surface area contributed by atoms with Crippen LogP contribution in [-0.4, -0.2) is 6.54 Å². The Balaban J connectivity index is 0.00000256. The van der Waals surface area contributed by atoms with Gasteiger partial charge < -0.3 is 11.5 Å². The Morgan fingerprint density at radius 1 is 1.24 bits per heavy atom. The average molecular weight is 273 g/mol. The van der Waals surface area contributed by atoms with Crippen molar-refractivity contribution in [3.05, 3.63) is 35.1 Å².